The SMILES string of the molecule is COc1cc(C(=O)c2cc(Cl)c(OC)cc2Cl)ccc1N. The zero-order chi connectivity index (χ0) is 15.6. The number of ketones is 1. The summed E-state index contributed by atoms with van der Waals surface area (Å²) in [6.07, 6.45) is 0. The Bertz CT molecular complexity index is 702. The molecule has 0 unspecified atom stereocenters. The van der Waals surface area contributed by atoms with Gasteiger partial charge in [-0.3, -0.25) is 4.79 Å². The molecule has 110 valence electrons. The van der Waals surface area contributed by atoms with Gasteiger partial charge in [0.25, 0.3) is 0 Å². The predicted octanol–water partition coefficient (Wildman–Crippen LogP) is 3.82. The molecule has 0 atom stereocenters. The number of rotatable bonds is 4. The third-order valence-corrected chi connectivity index (χ3v) is 3.59. The van der Waals surface area contributed by atoms with Crippen molar-refractivity contribution in [1.82, 2.24) is 0 Å². The number of carbonyl (C=O) groups excluding carboxylic acids is 1. The maximum absolute atomic E-state index is 12.5. The number of anilines is 1. The van der Waals surface area contributed by atoms with E-state index in [4.69, 9.17) is 38.4 Å². The molecule has 2 aromatic rings. The van der Waals surface area contributed by atoms with Crippen molar-refractivity contribution in [3.63, 3.8) is 0 Å². The van der Waals surface area contributed by atoms with E-state index in [2.05, 4.69) is 0 Å². The van der Waals surface area contributed by atoms with Crippen molar-refractivity contribution in [2.24, 2.45) is 0 Å². The van der Waals surface area contributed by atoms with Crippen LogP contribution in [0.15, 0.2) is 30.3 Å². The molecule has 0 aliphatic heterocycles. The summed E-state index contributed by atoms with van der Waals surface area (Å²) in [4.78, 5) is 12.5. The molecule has 0 heterocycles. The Kier molecular flexibility index (Phi) is 4.60. The Balaban J connectivity index is 2.47. The van der Waals surface area contributed by atoms with E-state index < -0.39 is 0 Å². The highest BCUT2D eigenvalue weighted by Crippen LogP contribution is 2.33. The third-order valence-electron chi connectivity index (χ3n) is 2.98. The van der Waals surface area contributed by atoms with Crippen LogP contribution in [0.2, 0.25) is 10.0 Å². The van der Waals surface area contributed by atoms with Gasteiger partial charge in [-0.15, -0.1) is 0 Å². The van der Waals surface area contributed by atoms with Gasteiger partial charge >= 0.3 is 0 Å². The number of hydrogen-bond donors (Lipinski definition) is 1. The molecule has 2 rings (SSSR count). The van der Waals surface area contributed by atoms with Crippen molar-refractivity contribution in [2.45, 2.75) is 0 Å². The van der Waals surface area contributed by atoms with Crippen LogP contribution in [0, 0.1) is 0 Å². The summed E-state index contributed by atoms with van der Waals surface area (Å²) in [5, 5.41) is 0.574. The first-order chi connectivity index (χ1) is 9.97. The monoisotopic (exact) mass is 325 g/mol. The topological polar surface area (TPSA) is 61.5 Å². The van der Waals surface area contributed by atoms with Crippen LogP contribution in [0.3, 0.4) is 0 Å². The van der Waals surface area contributed by atoms with E-state index in [1.807, 2.05) is 0 Å². The lowest BCUT2D eigenvalue weighted by atomic mass is 10.0. The van der Waals surface area contributed by atoms with Crippen molar-refractivity contribution < 1.29 is 14.3 Å². The number of nitrogen functional groups attached to an aromatic ring is 1. The number of benzene rings is 2. The van der Waals surface area contributed by atoms with Gasteiger partial charge in [0.2, 0.25) is 0 Å². The molecular weight excluding hydrogens is 313 g/mol. The standard InChI is InChI=1S/C15H13Cl2NO3/c1-20-13-7-10(16)9(6-11(13)17)15(19)8-3-4-12(18)14(5-8)21-2/h3-7H,18H2,1-2H3. The quantitative estimate of drug-likeness (QED) is 0.685. The van der Waals surface area contributed by atoms with E-state index in [0.29, 0.717) is 27.8 Å². The summed E-state index contributed by atoms with van der Waals surface area (Å²) in [7, 11) is 2.96. The van der Waals surface area contributed by atoms with Crippen molar-refractivity contribution in [2.75, 3.05) is 20.0 Å². The first-order valence-electron chi connectivity index (χ1n) is 5.99. The highest BCUT2D eigenvalue weighted by molar-refractivity contribution is 6.37. The van der Waals surface area contributed by atoms with Crippen molar-refractivity contribution in [1.29, 1.82) is 0 Å². The summed E-state index contributed by atoms with van der Waals surface area (Å²) < 4.78 is 10.2. The highest BCUT2D eigenvalue weighted by atomic mass is 35.5. The zero-order valence-corrected chi connectivity index (χ0v) is 13.0. The molecule has 4 nitrogen and oxygen atoms in total. The number of carbonyl (C=O) groups is 1. The van der Waals surface area contributed by atoms with Crippen LogP contribution >= 0.6 is 23.2 Å². The van der Waals surface area contributed by atoms with Crippen LogP contribution in [0.1, 0.15) is 15.9 Å². The van der Waals surface area contributed by atoms with Crippen LogP contribution in [-0.4, -0.2) is 20.0 Å². The molecule has 0 aliphatic carbocycles. The average Bonchev–Trinajstić information content (AvgIpc) is 2.49. The molecule has 0 saturated carbocycles. The van der Waals surface area contributed by atoms with Gasteiger partial charge in [0.1, 0.15) is 11.5 Å². The second kappa shape index (κ2) is 6.24. The zero-order valence-electron chi connectivity index (χ0n) is 11.4. The van der Waals surface area contributed by atoms with Crippen LogP contribution < -0.4 is 15.2 Å². The average molecular weight is 326 g/mol. The van der Waals surface area contributed by atoms with Gasteiger partial charge in [-0.1, -0.05) is 23.2 Å². The van der Waals surface area contributed by atoms with Crippen LogP contribution in [-0.2, 0) is 0 Å². The maximum atomic E-state index is 12.5. The molecule has 0 fully saturated rings. The van der Waals surface area contributed by atoms with E-state index in [-0.39, 0.29) is 16.4 Å². The fraction of sp³-hybridized carbons (Fsp3) is 0.133. The number of nitrogens with two attached hydrogens (primary N) is 1. The maximum Gasteiger partial charge on any atom is 0.194 e. The minimum atomic E-state index is -0.275. The normalized spacial score (nSPS) is 10.3. The van der Waals surface area contributed by atoms with Crippen molar-refractivity contribution >= 4 is 34.7 Å². The number of halogens is 2. The first kappa shape index (κ1) is 15.5. The Labute approximate surface area is 132 Å². The molecule has 0 aliphatic rings. The number of ether oxygens (including phenoxy) is 2. The molecule has 0 bridgehead atoms. The predicted molar refractivity (Wildman–Crippen MR) is 83.9 cm³/mol. The minimum absolute atomic E-state index is 0.261. The number of hydrogen-bond acceptors (Lipinski definition) is 4. The Morgan fingerprint density at radius 2 is 1.67 bits per heavy atom. The largest absolute Gasteiger partial charge is 0.495 e. The molecular formula is C15H13Cl2NO3. The molecule has 0 saturated heterocycles. The van der Waals surface area contributed by atoms with E-state index >= 15 is 0 Å². The summed E-state index contributed by atoms with van der Waals surface area (Å²) in [5.74, 6) is 0.563. The summed E-state index contributed by atoms with van der Waals surface area (Å²) >= 11 is 12.2. The van der Waals surface area contributed by atoms with Crippen molar-refractivity contribution in [3.8, 4) is 11.5 Å². The molecule has 0 radical (unpaired) electrons. The number of methoxy groups -OCH3 is 2. The molecule has 0 spiro atoms. The van der Waals surface area contributed by atoms with Gasteiger partial charge in [0.05, 0.1) is 30.0 Å². The van der Waals surface area contributed by atoms with Crippen molar-refractivity contribution in [3.05, 3.63) is 51.5 Å². The Morgan fingerprint density at radius 3 is 2.29 bits per heavy atom. The molecule has 2 N–H and O–H groups in total. The van der Waals surface area contributed by atoms with Crippen LogP contribution in [0.25, 0.3) is 0 Å². The van der Waals surface area contributed by atoms with Gasteiger partial charge in [0, 0.05) is 17.2 Å². The second-order valence-corrected chi connectivity index (χ2v) is 5.07. The minimum Gasteiger partial charge on any atom is -0.495 e. The Morgan fingerprint density at radius 1 is 1.00 bits per heavy atom. The molecule has 21 heavy (non-hydrogen) atoms. The van der Waals surface area contributed by atoms with Gasteiger partial charge in [-0.05, 0) is 24.3 Å². The summed E-state index contributed by atoms with van der Waals surface area (Å²) in [6.45, 7) is 0. The lowest BCUT2D eigenvalue weighted by molar-refractivity contribution is 0.103. The van der Waals surface area contributed by atoms with Crippen LogP contribution in [0.4, 0.5) is 5.69 Å². The molecule has 6 heteroatoms. The van der Waals surface area contributed by atoms with E-state index in [1.165, 1.54) is 26.4 Å². The second-order valence-electron chi connectivity index (χ2n) is 4.25. The fourth-order valence-electron chi connectivity index (χ4n) is 1.87. The van der Waals surface area contributed by atoms with Gasteiger partial charge in [-0.2, -0.15) is 0 Å². The van der Waals surface area contributed by atoms with E-state index in [1.54, 1.807) is 18.2 Å². The lowest BCUT2D eigenvalue weighted by Gasteiger charge is -2.10. The van der Waals surface area contributed by atoms with Crippen LogP contribution in [0.5, 0.6) is 11.5 Å². The van der Waals surface area contributed by atoms with Gasteiger partial charge in [-0.25, -0.2) is 0 Å². The Hall–Kier alpha value is -1.91. The first-order valence-corrected chi connectivity index (χ1v) is 6.74. The fourth-order valence-corrected chi connectivity index (χ4v) is 2.35. The lowest BCUT2D eigenvalue weighted by Crippen LogP contribution is -2.04. The third kappa shape index (κ3) is 3.06. The van der Waals surface area contributed by atoms with Gasteiger partial charge < -0.3 is 15.2 Å². The highest BCUT2D eigenvalue weighted by Gasteiger charge is 2.17. The van der Waals surface area contributed by atoms with Gasteiger partial charge in [0.15, 0.2) is 5.78 Å². The molecule has 0 aromatic heterocycles. The smallest absolute Gasteiger partial charge is 0.194 e. The summed E-state index contributed by atoms with van der Waals surface area (Å²) in [5.41, 5.74) is 6.88. The van der Waals surface area contributed by atoms with E-state index in [9.17, 15) is 4.79 Å². The summed E-state index contributed by atoms with van der Waals surface area (Å²) in [6, 6.07) is 7.76. The molecule has 2 aromatic carbocycles. The molecule has 0 amide bonds. The van der Waals surface area contributed by atoms with E-state index in [0.717, 1.165) is 0 Å².